The fourth-order valence-corrected chi connectivity index (χ4v) is 2.36. The van der Waals surface area contributed by atoms with Crippen molar-refractivity contribution in [3.05, 3.63) is 24.2 Å². The van der Waals surface area contributed by atoms with E-state index in [1.165, 1.54) is 6.26 Å². The van der Waals surface area contributed by atoms with Crippen molar-refractivity contribution in [2.45, 2.75) is 25.4 Å². The number of nitrogens with zero attached hydrogens (tertiary/aromatic N) is 2. The predicted octanol–water partition coefficient (Wildman–Crippen LogP) is 0.448. The fraction of sp³-hybridized carbons (Fsp3) is 0.571. The standard InChI is InChI=1S/C14H21N3O3/c1-16-7-5-11(6-8-16)17(2)14(19)13(18)15-10-12-4-3-9-20-12/h3-4,9,11H,5-8,10H2,1-2H3,(H,15,18). The Hall–Kier alpha value is -1.82. The molecule has 1 saturated heterocycles. The minimum atomic E-state index is -0.581. The van der Waals surface area contributed by atoms with Crippen LogP contribution in [0.5, 0.6) is 0 Å². The molecular weight excluding hydrogens is 258 g/mol. The zero-order valence-electron chi connectivity index (χ0n) is 12.0. The van der Waals surface area contributed by atoms with Crippen molar-refractivity contribution in [3.63, 3.8) is 0 Å². The highest BCUT2D eigenvalue weighted by Crippen LogP contribution is 2.14. The van der Waals surface area contributed by atoms with Crippen molar-refractivity contribution in [2.24, 2.45) is 0 Å². The van der Waals surface area contributed by atoms with Gasteiger partial charge in [0.25, 0.3) is 0 Å². The molecule has 0 aromatic carbocycles. The molecule has 110 valence electrons. The fourth-order valence-electron chi connectivity index (χ4n) is 2.36. The Morgan fingerprint density at radius 1 is 1.45 bits per heavy atom. The Kier molecular flexibility index (Phi) is 4.79. The minimum absolute atomic E-state index is 0.146. The molecule has 0 atom stereocenters. The number of amides is 2. The Morgan fingerprint density at radius 2 is 2.15 bits per heavy atom. The van der Waals surface area contributed by atoms with Crippen LogP contribution in [0.3, 0.4) is 0 Å². The van der Waals surface area contributed by atoms with Crippen molar-refractivity contribution < 1.29 is 14.0 Å². The topological polar surface area (TPSA) is 65.8 Å². The smallest absolute Gasteiger partial charge is 0.311 e. The molecule has 2 rings (SSSR count). The number of rotatable bonds is 3. The van der Waals surface area contributed by atoms with E-state index in [0.29, 0.717) is 5.76 Å². The second-order valence-electron chi connectivity index (χ2n) is 5.21. The summed E-state index contributed by atoms with van der Waals surface area (Å²) in [5.41, 5.74) is 0. The van der Waals surface area contributed by atoms with Gasteiger partial charge in [0.1, 0.15) is 5.76 Å². The van der Waals surface area contributed by atoms with E-state index in [-0.39, 0.29) is 12.6 Å². The lowest BCUT2D eigenvalue weighted by atomic mass is 10.0. The zero-order valence-corrected chi connectivity index (χ0v) is 12.0. The first kappa shape index (κ1) is 14.6. The van der Waals surface area contributed by atoms with Gasteiger partial charge in [-0.25, -0.2) is 0 Å². The molecule has 6 heteroatoms. The summed E-state index contributed by atoms with van der Waals surface area (Å²) in [6, 6.07) is 3.65. The maximum Gasteiger partial charge on any atom is 0.311 e. The van der Waals surface area contributed by atoms with Crippen molar-refractivity contribution in [3.8, 4) is 0 Å². The first-order valence-corrected chi connectivity index (χ1v) is 6.84. The van der Waals surface area contributed by atoms with Crippen LogP contribution in [-0.4, -0.2) is 54.8 Å². The van der Waals surface area contributed by atoms with Gasteiger partial charge in [-0.15, -0.1) is 0 Å². The van der Waals surface area contributed by atoms with Crippen molar-refractivity contribution >= 4 is 11.8 Å². The molecule has 0 bridgehead atoms. The van der Waals surface area contributed by atoms with Gasteiger partial charge in [0.15, 0.2) is 0 Å². The second-order valence-corrected chi connectivity index (χ2v) is 5.21. The molecule has 6 nitrogen and oxygen atoms in total. The normalized spacial score (nSPS) is 16.9. The third-order valence-electron chi connectivity index (χ3n) is 3.75. The Bertz CT molecular complexity index is 450. The number of nitrogens with one attached hydrogen (secondary N) is 1. The third-order valence-corrected chi connectivity index (χ3v) is 3.75. The Labute approximate surface area is 118 Å². The van der Waals surface area contributed by atoms with Crippen LogP contribution in [-0.2, 0) is 16.1 Å². The van der Waals surface area contributed by atoms with Gasteiger partial charge >= 0.3 is 11.8 Å². The monoisotopic (exact) mass is 279 g/mol. The third kappa shape index (κ3) is 3.60. The molecule has 20 heavy (non-hydrogen) atoms. The number of likely N-dealkylation sites (tertiary alicyclic amines) is 1. The summed E-state index contributed by atoms with van der Waals surface area (Å²) in [7, 11) is 3.76. The van der Waals surface area contributed by atoms with Gasteiger partial charge in [-0.05, 0) is 45.1 Å². The predicted molar refractivity (Wildman–Crippen MR) is 73.8 cm³/mol. The molecule has 1 fully saturated rings. The van der Waals surface area contributed by atoms with Crippen LogP contribution >= 0.6 is 0 Å². The van der Waals surface area contributed by atoms with Crippen LogP contribution in [0.1, 0.15) is 18.6 Å². The molecule has 0 radical (unpaired) electrons. The van der Waals surface area contributed by atoms with Crippen molar-refractivity contribution in [1.82, 2.24) is 15.1 Å². The number of hydrogen-bond donors (Lipinski definition) is 1. The first-order valence-electron chi connectivity index (χ1n) is 6.84. The molecule has 2 heterocycles. The Morgan fingerprint density at radius 3 is 2.75 bits per heavy atom. The summed E-state index contributed by atoms with van der Waals surface area (Å²) < 4.78 is 5.11. The molecule has 0 spiro atoms. The second kappa shape index (κ2) is 6.56. The van der Waals surface area contributed by atoms with E-state index in [1.807, 2.05) is 0 Å². The lowest BCUT2D eigenvalue weighted by molar-refractivity contribution is -0.147. The van der Waals surface area contributed by atoms with Gasteiger partial charge in [-0.3, -0.25) is 9.59 Å². The van der Waals surface area contributed by atoms with Gasteiger partial charge < -0.3 is 19.5 Å². The number of carbonyl (C=O) groups is 2. The molecule has 0 aliphatic carbocycles. The summed E-state index contributed by atoms with van der Waals surface area (Å²) in [5.74, 6) is -0.429. The summed E-state index contributed by atoms with van der Waals surface area (Å²) in [4.78, 5) is 27.7. The highest BCUT2D eigenvalue weighted by atomic mass is 16.3. The van der Waals surface area contributed by atoms with Gasteiger partial charge in [0.2, 0.25) is 0 Å². The summed E-state index contributed by atoms with van der Waals surface area (Å²) in [6.07, 6.45) is 3.35. The van der Waals surface area contributed by atoms with Gasteiger partial charge in [-0.1, -0.05) is 0 Å². The quantitative estimate of drug-likeness (QED) is 0.816. The van der Waals surface area contributed by atoms with Crippen molar-refractivity contribution in [1.29, 1.82) is 0 Å². The molecule has 1 N–H and O–H groups in total. The summed E-state index contributed by atoms with van der Waals surface area (Å²) >= 11 is 0. The first-order chi connectivity index (χ1) is 9.58. The largest absolute Gasteiger partial charge is 0.467 e. The van der Waals surface area contributed by atoms with Crippen LogP contribution in [0.15, 0.2) is 22.8 Å². The lowest BCUT2D eigenvalue weighted by Crippen LogP contribution is -2.49. The van der Waals surface area contributed by atoms with E-state index < -0.39 is 11.8 Å². The average Bonchev–Trinajstić information content (AvgIpc) is 2.97. The van der Waals surface area contributed by atoms with Crippen LogP contribution in [0.4, 0.5) is 0 Å². The molecule has 0 unspecified atom stereocenters. The van der Waals surface area contributed by atoms with E-state index in [0.717, 1.165) is 25.9 Å². The average molecular weight is 279 g/mol. The number of carbonyl (C=O) groups excluding carboxylic acids is 2. The summed E-state index contributed by atoms with van der Waals surface area (Å²) in [6.45, 7) is 2.14. The van der Waals surface area contributed by atoms with E-state index >= 15 is 0 Å². The van der Waals surface area contributed by atoms with E-state index in [2.05, 4.69) is 17.3 Å². The number of furan rings is 1. The van der Waals surface area contributed by atoms with E-state index in [1.54, 1.807) is 24.1 Å². The zero-order chi connectivity index (χ0) is 14.5. The van der Waals surface area contributed by atoms with Crippen LogP contribution in [0.2, 0.25) is 0 Å². The summed E-state index contributed by atoms with van der Waals surface area (Å²) in [5, 5.41) is 2.58. The minimum Gasteiger partial charge on any atom is -0.467 e. The molecule has 1 aliphatic rings. The molecular formula is C14H21N3O3. The molecule has 1 aliphatic heterocycles. The van der Waals surface area contributed by atoms with Crippen LogP contribution in [0.25, 0.3) is 0 Å². The van der Waals surface area contributed by atoms with Gasteiger partial charge in [-0.2, -0.15) is 0 Å². The molecule has 2 amide bonds. The highest BCUT2D eigenvalue weighted by Gasteiger charge is 2.27. The van der Waals surface area contributed by atoms with Gasteiger partial charge in [0.05, 0.1) is 12.8 Å². The number of likely N-dealkylation sites (N-methyl/N-ethyl adjacent to an activating group) is 1. The highest BCUT2D eigenvalue weighted by molar-refractivity contribution is 6.34. The van der Waals surface area contributed by atoms with E-state index in [4.69, 9.17) is 4.42 Å². The van der Waals surface area contributed by atoms with Crippen molar-refractivity contribution in [2.75, 3.05) is 27.2 Å². The van der Waals surface area contributed by atoms with Gasteiger partial charge in [0, 0.05) is 13.1 Å². The maximum atomic E-state index is 12.1. The lowest BCUT2D eigenvalue weighted by Gasteiger charge is -2.34. The van der Waals surface area contributed by atoms with Crippen LogP contribution in [0, 0.1) is 0 Å². The Balaban J connectivity index is 1.81. The molecule has 0 saturated carbocycles. The van der Waals surface area contributed by atoms with Crippen LogP contribution < -0.4 is 5.32 Å². The SMILES string of the molecule is CN1CCC(N(C)C(=O)C(=O)NCc2ccco2)CC1. The maximum absolute atomic E-state index is 12.1. The number of hydrogen-bond acceptors (Lipinski definition) is 4. The van der Waals surface area contributed by atoms with E-state index in [9.17, 15) is 9.59 Å². The molecule has 1 aromatic rings. The molecule has 1 aromatic heterocycles. The number of piperidine rings is 1.